The maximum atomic E-state index is 12.2. The second-order valence-corrected chi connectivity index (χ2v) is 7.05. The minimum absolute atomic E-state index is 0.103. The molecule has 4 rings (SSSR count). The van der Waals surface area contributed by atoms with Gasteiger partial charge in [-0.1, -0.05) is 35.5 Å². The number of fused-ring (bicyclic) bond motifs is 1. The summed E-state index contributed by atoms with van der Waals surface area (Å²) in [5.74, 6) is 0.826. The van der Waals surface area contributed by atoms with Gasteiger partial charge in [-0.15, -0.1) is 10.2 Å². The number of carbonyl (C=O) groups is 1. The normalized spacial score (nSPS) is 11.0. The Labute approximate surface area is 164 Å². The first-order valence-corrected chi connectivity index (χ1v) is 9.54. The van der Waals surface area contributed by atoms with Gasteiger partial charge in [-0.3, -0.25) is 13.8 Å². The maximum absolute atomic E-state index is 12.2. The van der Waals surface area contributed by atoms with Crippen molar-refractivity contribution in [1.82, 2.24) is 29.5 Å². The third kappa shape index (κ3) is 3.96. The molecule has 0 spiro atoms. The number of pyridine rings is 1. The van der Waals surface area contributed by atoms with Crippen LogP contribution < -0.4 is 5.32 Å². The van der Waals surface area contributed by atoms with Gasteiger partial charge in [0.2, 0.25) is 5.91 Å². The minimum atomic E-state index is -0.103. The maximum Gasteiger partial charge on any atom is 0.230 e. The van der Waals surface area contributed by atoms with Crippen molar-refractivity contribution in [2.75, 3.05) is 5.75 Å². The molecular formula is C18H15ClN6OS. The van der Waals surface area contributed by atoms with Gasteiger partial charge in [0.05, 0.1) is 12.3 Å². The number of halogens is 1. The first-order chi connectivity index (χ1) is 13.2. The fraction of sp³-hybridized carbons (Fsp3) is 0.111. The first kappa shape index (κ1) is 17.6. The number of thioether (sulfide) groups is 1. The van der Waals surface area contributed by atoms with E-state index in [0.717, 1.165) is 16.5 Å². The third-order valence-electron chi connectivity index (χ3n) is 3.85. The molecule has 0 unspecified atom stereocenters. The summed E-state index contributed by atoms with van der Waals surface area (Å²) in [6.07, 6.45) is 5.41. The summed E-state index contributed by atoms with van der Waals surface area (Å²) in [4.78, 5) is 16.5. The van der Waals surface area contributed by atoms with Gasteiger partial charge in [-0.2, -0.15) is 0 Å². The number of amides is 1. The van der Waals surface area contributed by atoms with E-state index in [9.17, 15) is 4.79 Å². The molecule has 3 heterocycles. The average molecular weight is 399 g/mol. The van der Waals surface area contributed by atoms with Gasteiger partial charge >= 0.3 is 0 Å². The lowest BCUT2D eigenvalue weighted by molar-refractivity contribution is -0.118. The molecule has 0 bridgehead atoms. The summed E-state index contributed by atoms with van der Waals surface area (Å²) in [5, 5.41) is 12.4. The topological polar surface area (TPSA) is 77.1 Å². The van der Waals surface area contributed by atoms with E-state index in [0.29, 0.717) is 17.4 Å². The number of imidazole rings is 1. The van der Waals surface area contributed by atoms with Gasteiger partial charge in [0.25, 0.3) is 0 Å². The van der Waals surface area contributed by atoms with Crippen LogP contribution in [0.5, 0.6) is 0 Å². The Kier molecular flexibility index (Phi) is 5.08. The molecule has 1 aromatic carbocycles. The van der Waals surface area contributed by atoms with Crippen molar-refractivity contribution in [2.45, 2.75) is 11.7 Å². The van der Waals surface area contributed by atoms with E-state index in [1.54, 1.807) is 6.20 Å². The summed E-state index contributed by atoms with van der Waals surface area (Å²) in [6, 6.07) is 13.1. The molecule has 4 aromatic rings. The number of hydrogen-bond acceptors (Lipinski definition) is 5. The van der Waals surface area contributed by atoms with E-state index in [1.165, 1.54) is 11.8 Å². The van der Waals surface area contributed by atoms with Crippen LogP contribution in [-0.4, -0.2) is 35.8 Å². The lowest BCUT2D eigenvalue weighted by Gasteiger charge is -2.08. The van der Waals surface area contributed by atoms with E-state index in [1.807, 2.05) is 63.8 Å². The van der Waals surface area contributed by atoms with E-state index in [4.69, 9.17) is 11.6 Å². The molecule has 9 heteroatoms. The van der Waals surface area contributed by atoms with Crippen molar-refractivity contribution in [2.24, 2.45) is 0 Å². The second-order valence-electron chi connectivity index (χ2n) is 5.67. The van der Waals surface area contributed by atoms with Gasteiger partial charge in [0, 0.05) is 29.3 Å². The largest absolute Gasteiger partial charge is 0.348 e. The molecule has 0 atom stereocenters. The predicted molar refractivity (Wildman–Crippen MR) is 104 cm³/mol. The summed E-state index contributed by atoms with van der Waals surface area (Å²) < 4.78 is 3.75. The Bertz CT molecular complexity index is 1090. The van der Waals surface area contributed by atoms with Crippen molar-refractivity contribution in [3.8, 4) is 5.69 Å². The van der Waals surface area contributed by atoms with Gasteiger partial charge in [0.1, 0.15) is 0 Å². The molecule has 0 saturated carbocycles. The zero-order valence-corrected chi connectivity index (χ0v) is 15.7. The molecule has 1 amide bonds. The van der Waals surface area contributed by atoms with Crippen LogP contribution in [0.2, 0.25) is 5.02 Å². The number of benzene rings is 1. The Hall–Kier alpha value is -2.84. The molecule has 0 radical (unpaired) electrons. The minimum Gasteiger partial charge on any atom is -0.348 e. The van der Waals surface area contributed by atoms with Crippen LogP contribution >= 0.6 is 23.4 Å². The van der Waals surface area contributed by atoms with Crippen LogP contribution in [0.1, 0.15) is 5.82 Å². The fourth-order valence-electron chi connectivity index (χ4n) is 2.59. The van der Waals surface area contributed by atoms with Crippen molar-refractivity contribution in [1.29, 1.82) is 0 Å². The predicted octanol–water partition coefficient (Wildman–Crippen LogP) is 2.98. The Balaban J connectivity index is 1.37. The molecule has 0 aliphatic rings. The van der Waals surface area contributed by atoms with E-state index < -0.39 is 0 Å². The molecule has 0 fully saturated rings. The number of aromatic nitrogens is 5. The highest BCUT2D eigenvalue weighted by Crippen LogP contribution is 2.22. The zero-order chi connectivity index (χ0) is 18.6. The summed E-state index contributed by atoms with van der Waals surface area (Å²) in [7, 11) is 0. The Morgan fingerprint density at radius 1 is 1.15 bits per heavy atom. The van der Waals surface area contributed by atoms with Crippen LogP contribution in [-0.2, 0) is 11.3 Å². The van der Waals surface area contributed by atoms with Crippen LogP contribution in [0.3, 0.4) is 0 Å². The van der Waals surface area contributed by atoms with Crippen LogP contribution in [0.4, 0.5) is 0 Å². The summed E-state index contributed by atoms with van der Waals surface area (Å²) in [5.41, 5.74) is 1.65. The fourth-order valence-corrected chi connectivity index (χ4v) is 3.58. The van der Waals surface area contributed by atoms with Crippen molar-refractivity contribution in [3.63, 3.8) is 0 Å². The smallest absolute Gasteiger partial charge is 0.230 e. The molecule has 0 aliphatic carbocycles. The number of carbonyl (C=O) groups excluding carboxylic acids is 1. The SMILES string of the molecule is O=C(CSc1nccn1-c1cccc(Cl)c1)NCc1nnc2ccccn12. The standard InChI is InChI=1S/C18H15ClN6OS/c19-13-4-3-5-14(10-13)24-9-7-20-18(24)27-12-17(26)21-11-16-23-22-15-6-1-2-8-25(15)16/h1-10H,11-12H2,(H,21,26). The molecule has 0 aliphatic heterocycles. The Morgan fingerprint density at radius 3 is 2.96 bits per heavy atom. The number of nitrogens with one attached hydrogen (secondary N) is 1. The van der Waals surface area contributed by atoms with E-state index >= 15 is 0 Å². The molecule has 0 saturated heterocycles. The van der Waals surface area contributed by atoms with E-state index in [2.05, 4.69) is 20.5 Å². The van der Waals surface area contributed by atoms with Crippen LogP contribution in [0.15, 0.2) is 66.2 Å². The van der Waals surface area contributed by atoms with Gasteiger partial charge in [-0.05, 0) is 30.3 Å². The molecule has 27 heavy (non-hydrogen) atoms. The van der Waals surface area contributed by atoms with Crippen molar-refractivity contribution < 1.29 is 4.79 Å². The quantitative estimate of drug-likeness (QED) is 0.505. The highest BCUT2D eigenvalue weighted by Gasteiger charge is 2.11. The highest BCUT2D eigenvalue weighted by molar-refractivity contribution is 7.99. The van der Waals surface area contributed by atoms with Crippen molar-refractivity contribution >= 4 is 34.9 Å². The number of rotatable bonds is 6. The average Bonchev–Trinajstić information content (AvgIpc) is 3.31. The van der Waals surface area contributed by atoms with Crippen molar-refractivity contribution in [3.05, 3.63) is 71.9 Å². The highest BCUT2D eigenvalue weighted by atomic mass is 35.5. The summed E-state index contributed by atoms with van der Waals surface area (Å²) >= 11 is 7.41. The molecule has 3 aromatic heterocycles. The number of nitrogens with zero attached hydrogens (tertiary/aromatic N) is 5. The molecular weight excluding hydrogens is 384 g/mol. The van der Waals surface area contributed by atoms with Gasteiger partial charge < -0.3 is 5.32 Å². The lowest BCUT2D eigenvalue weighted by atomic mass is 10.3. The molecule has 136 valence electrons. The molecule has 1 N–H and O–H groups in total. The van der Waals surface area contributed by atoms with Crippen LogP contribution in [0, 0.1) is 0 Å². The number of hydrogen-bond donors (Lipinski definition) is 1. The second kappa shape index (κ2) is 7.81. The monoisotopic (exact) mass is 398 g/mol. The van der Waals surface area contributed by atoms with Gasteiger partial charge in [-0.25, -0.2) is 4.98 Å². The van der Waals surface area contributed by atoms with E-state index in [-0.39, 0.29) is 11.7 Å². The summed E-state index contributed by atoms with van der Waals surface area (Å²) in [6.45, 7) is 0.313. The van der Waals surface area contributed by atoms with Gasteiger partial charge in [0.15, 0.2) is 16.6 Å². The molecule has 7 nitrogen and oxygen atoms in total. The third-order valence-corrected chi connectivity index (χ3v) is 5.06. The van der Waals surface area contributed by atoms with Crippen LogP contribution in [0.25, 0.3) is 11.3 Å². The lowest BCUT2D eigenvalue weighted by Crippen LogP contribution is -2.25. The first-order valence-electron chi connectivity index (χ1n) is 8.18. The Morgan fingerprint density at radius 2 is 2.07 bits per heavy atom. The zero-order valence-electron chi connectivity index (χ0n) is 14.1.